The molecule has 0 bridgehead atoms. The predicted molar refractivity (Wildman–Crippen MR) is 75.3 cm³/mol. The van der Waals surface area contributed by atoms with Crippen LogP contribution in [0.4, 0.5) is 4.79 Å². The van der Waals surface area contributed by atoms with Crippen molar-refractivity contribution in [3.63, 3.8) is 0 Å². The first-order chi connectivity index (χ1) is 8.77. The van der Waals surface area contributed by atoms with Crippen LogP contribution in [-0.2, 0) is 4.79 Å². The molecule has 2 N–H and O–H groups in total. The topological polar surface area (TPSA) is 72.9 Å². The molecule has 0 spiro atoms. The van der Waals surface area contributed by atoms with Crippen molar-refractivity contribution < 1.29 is 14.7 Å². The van der Waals surface area contributed by atoms with Gasteiger partial charge in [-0.2, -0.15) is 0 Å². The van der Waals surface area contributed by atoms with E-state index in [0.29, 0.717) is 0 Å². The van der Waals surface area contributed by atoms with Gasteiger partial charge in [0.05, 0.1) is 0 Å². The highest BCUT2D eigenvalue weighted by Gasteiger charge is 2.22. The number of rotatable bonds is 8. The van der Waals surface area contributed by atoms with Gasteiger partial charge in [0.15, 0.2) is 0 Å². The van der Waals surface area contributed by atoms with E-state index in [2.05, 4.69) is 5.32 Å². The second-order valence-corrected chi connectivity index (χ2v) is 5.22. The summed E-state index contributed by atoms with van der Waals surface area (Å²) in [6.07, 6.45) is 1.56. The lowest BCUT2D eigenvalue weighted by atomic mass is 10.2. The predicted octanol–water partition coefficient (Wildman–Crippen LogP) is 1.22. The van der Waals surface area contributed by atoms with Gasteiger partial charge in [-0.25, -0.2) is 4.79 Å². The maximum Gasteiger partial charge on any atom is 0.323 e. The highest BCUT2D eigenvalue weighted by molar-refractivity contribution is 5.80. The number of carbonyl (C=O) groups is 2. The summed E-state index contributed by atoms with van der Waals surface area (Å²) in [7, 11) is 3.95. The fraction of sp³-hybridized carbons (Fsp3) is 0.846. The van der Waals surface area contributed by atoms with E-state index in [1.54, 1.807) is 0 Å². The number of hydrogen-bond donors (Lipinski definition) is 2. The molecule has 19 heavy (non-hydrogen) atoms. The van der Waals surface area contributed by atoms with Crippen molar-refractivity contribution in [3.05, 3.63) is 0 Å². The zero-order chi connectivity index (χ0) is 15.0. The minimum Gasteiger partial charge on any atom is -0.480 e. The van der Waals surface area contributed by atoms with E-state index in [4.69, 9.17) is 5.11 Å². The van der Waals surface area contributed by atoms with Gasteiger partial charge in [-0.15, -0.1) is 0 Å². The first-order valence-electron chi connectivity index (χ1n) is 6.71. The third-order valence-corrected chi connectivity index (χ3v) is 3.07. The summed E-state index contributed by atoms with van der Waals surface area (Å²) in [5, 5.41) is 11.7. The van der Waals surface area contributed by atoms with Gasteiger partial charge in [-0.3, -0.25) is 4.79 Å². The van der Waals surface area contributed by atoms with Crippen molar-refractivity contribution in [2.45, 2.75) is 45.7 Å². The molecule has 0 rings (SSSR count). The minimum absolute atomic E-state index is 0.0234. The lowest BCUT2D eigenvalue weighted by Gasteiger charge is -2.29. The zero-order valence-electron chi connectivity index (χ0n) is 12.6. The molecular weight excluding hydrogens is 246 g/mol. The summed E-state index contributed by atoms with van der Waals surface area (Å²) in [6, 6.07) is -0.365. The lowest BCUT2D eigenvalue weighted by Crippen LogP contribution is -2.50. The molecule has 0 aliphatic rings. The van der Waals surface area contributed by atoms with Crippen molar-refractivity contribution in [2.24, 2.45) is 0 Å². The maximum absolute atomic E-state index is 12.1. The third-order valence-electron chi connectivity index (χ3n) is 3.07. The Kier molecular flexibility index (Phi) is 8.14. The fourth-order valence-electron chi connectivity index (χ4n) is 1.61. The molecular formula is C13H27N3O3. The number of nitrogens with zero attached hydrogens (tertiary/aromatic N) is 2. The average Bonchev–Trinajstić information content (AvgIpc) is 2.32. The molecule has 6 nitrogen and oxygen atoms in total. The third kappa shape index (κ3) is 7.66. The Morgan fingerprint density at radius 3 is 2.26 bits per heavy atom. The van der Waals surface area contributed by atoms with Crippen LogP contribution in [0.5, 0.6) is 0 Å². The van der Waals surface area contributed by atoms with Crippen molar-refractivity contribution in [1.29, 1.82) is 0 Å². The molecule has 0 saturated carbocycles. The molecule has 0 fully saturated rings. The van der Waals surface area contributed by atoms with Gasteiger partial charge in [0, 0.05) is 12.1 Å². The van der Waals surface area contributed by atoms with Crippen LogP contribution >= 0.6 is 0 Å². The Balaban J connectivity index is 4.42. The number of carboxylic acids is 1. The van der Waals surface area contributed by atoms with Crippen LogP contribution < -0.4 is 5.32 Å². The van der Waals surface area contributed by atoms with Gasteiger partial charge in [0.1, 0.15) is 6.54 Å². The van der Waals surface area contributed by atoms with E-state index < -0.39 is 5.97 Å². The quantitative estimate of drug-likeness (QED) is 0.697. The summed E-state index contributed by atoms with van der Waals surface area (Å²) in [4.78, 5) is 26.3. The van der Waals surface area contributed by atoms with Crippen molar-refractivity contribution in [1.82, 2.24) is 15.1 Å². The molecule has 0 aliphatic carbocycles. The number of carbonyl (C=O) groups excluding carboxylic acids is 1. The van der Waals surface area contributed by atoms with Gasteiger partial charge in [0.25, 0.3) is 0 Å². The smallest absolute Gasteiger partial charge is 0.323 e. The maximum atomic E-state index is 12.1. The van der Waals surface area contributed by atoms with Gasteiger partial charge in [-0.05, 0) is 47.3 Å². The molecule has 0 aromatic carbocycles. The first kappa shape index (κ1) is 17.7. The molecule has 2 amide bonds. The number of amides is 2. The summed E-state index contributed by atoms with van der Waals surface area (Å²) >= 11 is 0. The minimum atomic E-state index is -0.989. The Labute approximate surface area is 115 Å². The highest BCUT2D eigenvalue weighted by atomic mass is 16.4. The van der Waals surface area contributed by atoms with E-state index in [-0.39, 0.29) is 24.7 Å². The molecule has 2 unspecified atom stereocenters. The van der Waals surface area contributed by atoms with Gasteiger partial charge >= 0.3 is 12.0 Å². The lowest BCUT2D eigenvalue weighted by molar-refractivity contribution is -0.138. The normalized spacial score (nSPS) is 14.0. The fourth-order valence-corrected chi connectivity index (χ4v) is 1.61. The number of urea groups is 1. The van der Waals surface area contributed by atoms with E-state index in [1.165, 1.54) is 4.90 Å². The van der Waals surface area contributed by atoms with Gasteiger partial charge in [-0.1, -0.05) is 6.92 Å². The standard InChI is InChI=1S/C13H27N3O3/c1-6-11(3)16(9-12(17)18)13(19)14-10(2)7-8-15(4)5/h10-11H,6-9H2,1-5H3,(H,14,19)(H,17,18). The summed E-state index contributed by atoms with van der Waals surface area (Å²) in [6.45, 7) is 6.33. The van der Waals surface area contributed by atoms with E-state index >= 15 is 0 Å². The number of aliphatic carboxylic acids is 1. The summed E-state index contributed by atoms with van der Waals surface area (Å²) < 4.78 is 0. The molecule has 6 heteroatoms. The van der Waals surface area contributed by atoms with Gasteiger partial charge in [0.2, 0.25) is 0 Å². The monoisotopic (exact) mass is 273 g/mol. The average molecular weight is 273 g/mol. The van der Waals surface area contributed by atoms with Crippen molar-refractivity contribution >= 4 is 12.0 Å². The molecule has 0 heterocycles. The molecule has 0 aromatic heterocycles. The highest BCUT2D eigenvalue weighted by Crippen LogP contribution is 2.05. The molecule has 112 valence electrons. The first-order valence-corrected chi connectivity index (χ1v) is 6.71. The van der Waals surface area contributed by atoms with Crippen LogP contribution in [0.1, 0.15) is 33.6 Å². The van der Waals surface area contributed by atoms with Crippen LogP contribution in [0.3, 0.4) is 0 Å². The van der Waals surface area contributed by atoms with Crippen LogP contribution in [-0.4, -0.2) is 66.2 Å². The van der Waals surface area contributed by atoms with Crippen LogP contribution in [0.25, 0.3) is 0 Å². The molecule has 0 aromatic rings. The van der Waals surface area contributed by atoms with Crippen molar-refractivity contribution in [3.8, 4) is 0 Å². The zero-order valence-corrected chi connectivity index (χ0v) is 12.6. The second-order valence-electron chi connectivity index (χ2n) is 5.22. The summed E-state index contributed by atoms with van der Waals surface area (Å²) in [5.41, 5.74) is 0. The molecule has 0 saturated heterocycles. The largest absolute Gasteiger partial charge is 0.480 e. The van der Waals surface area contributed by atoms with E-state index in [9.17, 15) is 9.59 Å². The van der Waals surface area contributed by atoms with Gasteiger partial charge < -0.3 is 20.2 Å². The van der Waals surface area contributed by atoms with Crippen LogP contribution in [0.15, 0.2) is 0 Å². The van der Waals surface area contributed by atoms with E-state index in [1.807, 2.05) is 39.8 Å². The SMILES string of the molecule is CCC(C)N(CC(=O)O)C(=O)NC(C)CCN(C)C. The number of carboxylic acid groups (broad SMARTS) is 1. The summed E-state index contributed by atoms with van der Waals surface area (Å²) in [5.74, 6) is -0.989. The van der Waals surface area contributed by atoms with Crippen molar-refractivity contribution in [2.75, 3.05) is 27.2 Å². The van der Waals surface area contributed by atoms with E-state index in [0.717, 1.165) is 19.4 Å². The number of nitrogens with one attached hydrogen (secondary N) is 1. The molecule has 0 aliphatic heterocycles. The van der Waals surface area contributed by atoms with Crippen LogP contribution in [0.2, 0.25) is 0 Å². The second kappa shape index (κ2) is 8.74. The Morgan fingerprint density at radius 2 is 1.84 bits per heavy atom. The Bertz CT molecular complexity index is 295. The Hall–Kier alpha value is -1.30. The van der Waals surface area contributed by atoms with Crippen LogP contribution in [0, 0.1) is 0 Å². The Morgan fingerprint density at radius 1 is 1.26 bits per heavy atom. The molecule has 2 atom stereocenters. The molecule has 0 radical (unpaired) electrons. The number of hydrogen-bond acceptors (Lipinski definition) is 3.